The SMILES string of the molecule is O=C1CCC(C(=O)Cc2ccc(N3CCN(S(=O)(=O)c4ccc5ccccc5c4)CC3)cc2)N1. The van der Waals surface area contributed by atoms with E-state index in [2.05, 4.69) is 10.2 Å². The van der Waals surface area contributed by atoms with Gasteiger partial charge in [-0.2, -0.15) is 4.31 Å². The molecule has 8 heteroatoms. The number of benzene rings is 3. The second kappa shape index (κ2) is 9.19. The van der Waals surface area contributed by atoms with Crippen LogP contribution in [0.2, 0.25) is 0 Å². The Morgan fingerprint density at radius 1 is 0.912 bits per heavy atom. The monoisotopic (exact) mass is 477 g/mol. The Kier molecular flexibility index (Phi) is 6.10. The average Bonchev–Trinajstić information content (AvgIpc) is 3.31. The summed E-state index contributed by atoms with van der Waals surface area (Å²) in [6, 6.07) is 20.5. The molecule has 3 aromatic carbocycles. The summed E-state index contributed by atoms with van der Waals surface area (Å²) in [6.45, 7) is 2.02. The van der Waals surface area contributed by atoms with Gasteiger partial charge in [0.15, 0.2) is 5.78 Å². The Bertz CT molecular complexity index is 1330. The zero-order valence-electron chi connectivity index (χ0n) is 18.8. The van der Waals surface area contributed by atoms with Gasteiger partial charge in [-0.1, -0.05) is 42.5 Å². The Hall–Kier alpha value is -3.23. The van der Waals surface area contributed by atoms with Crippen LogP contribution in [0.25, 0.3) is 10.8 Å². The van der Waals surface area contributed by atoms with Gasteiger partial charge >= 0.3 is 0 Å². The Morgan fingerprint density at radius 3 is 2.29 bits per heavy atom. The molecule has 0 bridgehead atoms. The Morgan fingerprint density at radius 2 is 1.62 bits per heavy atom. The molecule has 0 spiro atoms. The number of amides is 1. The van der Waals surface area contributed by atoms with Crippen LogP contribution in [0.3, 0.4) is 0 Å². The largest absolute Gasteiger partial charge is 0.369 e. The van der Waals surface area contributed by atoms with E-state index in [1.165, 1.54) is 0 Å². The number of carbonyl (C=O) groups excluding carboxylic acids is 2. The zero-order valence-corrected chi connectivity index (χ0v) is 19.6. The van der Waals surface area contributed by atoms with Crippen molar-refractivity contribution < 1.29 is 18.0 Å². The molecule has 2 heterocycles. The van der Waals surface area contributed by atoms with Crippen LogP contribution in [-0.2, 0) is 26.0 Å². The van der Waals surface area contributed by atoms with E-state index in [-0.39, 0.29) is 17.7 Å². The fourth-order valence-corrected chi connectivity index (χ4v) is 6.13. The second-order valence-electron chi connectivity index (χ2n) is 8.87. The quantitative estimate of drug-likeness (QED) is 0.590. The van der Waals surface area contributed by atoms with Crippen LogP contribution in [-0.4, -0.2) is 56.6 Å². The minimum absolute atomic E-state index is 0.0334. The average molecular weight is 478 g/mol. The molecule has 2 fully saturated rings. The number of hydrogen-bond donors (Lipinski definition) is 1. The first-order chi connectivity index (χ1) is 16.4. The van der Waals surface area contributed by atoms with E-state index in [0.717, 1.165) is 22.0 Å². The fraction of sp³-hybridized carbons (Fsp3) is 0.308. The lowest BCUT2D eigenvalue weighted by atomic mass is 10.0. The molecule has 7 nitrogen and oxygen atoms in total. The first kappa shape index (κ1) is 22.6. The van der Waals surface area contributed by atoms with Gasteiger partial charge in [-0.3, -0.25) is 9.59 Å². The molecule has 1 unspecified atom stereocenters. The zero-order chi connectivity index (χ0) is 23.7. The maximum Gasteiger partial charge on any atom is 0.243 e. The summed E-state index contributed by atoms with van der Waals surface area (Å²) in [4.78, 5) is 26.2. The van der Waals surface area contributed by atoms with Crippen LogP contribution in [0.5, 0.6) is 0 Å². The number of nitrogens with zero attached hydrogens (tertiary/aromatic N) is 2. The van der Waals surface area contributed by atoms with Crippen molar-refractivity contribution in [3.05, 3.63) is 72.3 Å². The van der Waals surface area contributed by atoms with Gasteiger partial charge in [0.05, 0.1) is 10.9 Å². The molecule has 0 aliphatic carbocycles. The number of ketones is 1. The topological polar surface area (TPSA) is 86.8 Å². The van der Waals surface area contributed by atoms with E-state index < -0.39 is 10.0 Å². The van der Waals surface area contributed by atoms with Gasteiger partial charge in [0.25, 0.3) is 0 Å². The Balaban J connectivity index is 1.20. The van der Waals surface area contributed by atoms with E-state index in [4.69, 9.17) is 0 Å². The van der Waals surface area contributed by atoms with Crippen molar-refractivity contribution in [3.63, 3.8) is 0 Å². The minimum Gasteiger partial charge on any atom is -0.369 e. The molecule has 1 amide bonds. The number of anilines is 1. The van der Waals surface area contributed by atoms with E-state index in [1.54, 1.807) is 16.4 Å². The lowest BCUT2D eigenvalue weighted by Crippen LogP contribution is -2.48. The number of piperazine rings is 1. The van der Waals surface area contributed by atoms with Crippen molar-refractivity contribution in [1.82, 2.24) is 9.62 Å². The van der Waals surface area contributed by atoms with Gasteiger partial charge in [-0.05, 0) is 47.0 Å². The van der Waals surface area contributed by atoms with Gasteiger partial charge in [0, 0.05) is 44.7 Å². The van der Waals surface area contributed by atoms with E-state index in [1.807, 2.05) is 54.6 Å². The van der Waals surface area contributed by atoms with Crippen molar-refractivity contribution in [2.45, 2.75) is 30.2 Å². The van der Waals surface area contributed by atoms with Gasteiger partial charge < -0.3 is 10.2 Å². The summed E-state index contributed by atoms with van der Waals surface area (Å²) in [5.41, 5.74) is 1.92. The summed E-state index contributed by atoms with van der Waals surface area (Å²) in [5, 5.41) is 4.65. The van der Waals surface area contributed by atoms with Crippen molar-refractivity contribution in [3.8, 4) is 0 Å². The summed E-state index contributed by atoms with van der Waals surface area (Å²) in [5.74, 6) is -0.0263. The van der Waals surface area contributed by atoms with Crippen molar-refractivity contribution >= 4 is 38.2 Å². The van der Waals surface area contributed by atoms with Crippen LogP contribution < -0.4 is 10.2 Å². The van der Waals surface area contributed by atoms with E-state index in [9.17, 15) is 18.0 Å². The smallest absolute Gasteiger partial charge is 0.243 e. The fourth-order valence-electron chi connectivity index (χ4n) is 4.67. The number of rotatable bonds is 6. The summed E-state index contributed by atoms with van der Waals surface area (Å²) >= 11 is 0. The van der Waals surface area contributed by atoms with Gasteiger partial charge in [-0.15, -0.1) is 0 Å². The number of sulfonamides is 1. The van der Waals surface area contributed by atoms with E-state index >= 15 is 0 Å². The molecule has 2 saturated heterocycles. The highest BCUT2D eigenvalue weighted by Gasteiger charge is 2.29. The molecular weight excluding hydrogens is 450 g/mol. The standard InChI is InChI=1S/C26H27N3O4S/c30-25(24-11-12-26(31)27-24)17-19-5-8-22(9-6-19)28-13-15-29(16-14-28)34(32,33)23-10-7-20-3-1-2-4-21(20)18-23/h1-10,18,24H,11-17H2,(H,27,31). The molecule has 0 saturated carbocycles. The summed E-state index contributed by atoms with van der Waals surface area (Å²) < 4.78 is 28.0. The second-order valence-corrected chi connectivity index (χ2v) is 10.8. The van der Waals surface area contributed by atoms with Gasteiger partial charge in [0.1, 0.15) is 0 Å². The first-order valence-corrected chi connectivity index (χ1v) is 13.0. The predicted molar refractivity (Wildman–Crippen MR) is 131 cm³/mol. The van der Waals surface area contributed by atoms with Crippen LogP contribution in [0, 0.1) is 0 Å². The molecular formula is C26H27N3O4S. The highest BCUT2D eigenvalue weighted by Crippen LogP contribution is 2.25. The molecule has 1 atom stereocenters. The van der Waals surface area contributed by atoms with E-state index in [0.29, 0.717) is 50.3 Å². The third-order valence-electron chi connectivity index (χ3n) is 6.66. The molecule has 5 rings (SSSR count). The normalized spacial score (nSPS) is 19.4. The molecule has 3 aromatic rings. The maximum atomic E-state index is 13.2. The molecule has 34 heavy (non-hydrogen) atoms. The number of nitrogens with one attached hydrogen (secondary N) is 1. The van der Waals surface area contributed by atoms with Crippen LogP contribution in [0.4, 0.5) is 5.69 Å². The number of hydrogen-bond acceptors (Lipinski definition) is 5. The lowest BCUT2D eigenvalue weighted by molar-refractivity contribution is -0.124. The Labute approximate surface area is 199 Å². The first-order valence-electron chi connectivity index (χ1n) is 11.5. The number of fused-ring (bicyclic) bond motifs is 1. The summed E-state index contributed by atoms with van der Waals surface area (Å²) in [7, 11) is -3.55. The molecule has 0 radical (unpaired) electrons. The van der Waals surface area contributed by atoms with Crippen LogP contribution in [0.15, 0.2) is 71.6 Å². The molecule has 0 aromatic heterocycles. The highest BCUT2D eigenvalue weighted by atomic mass is 32.2. The van der Waals surface area contributed by atoms with Gasteiger partial charge in [-0.25, -0.2) is 8.42 Å². The third kappa shape index (κ3) is 4.56. The van der Waals surface area contributed by atoms with Crippen molar-refractivity contribution in [1.29, 1.82) is 0 Å². The lowest BCUT2D eigenvalue weighted by Gasteiger charge is -2.35. The maximum absolute atomic E-state index is 13.2. The molecule has 1 N–H and O–H groups in total. The number of Topliss-reactive ketones (excluding diaryl/α,β-unsaturated/α-hetero) is 1. The van der Waals surface area contributed by atoms with Crippen molar-refractivity contribution in [2.75, 3.05) is 31.1 Å². The third-order valence-corrected chi connectivity index (χ3v) is 8.56. The minimum atomic E-state index is -3.55. The van der Waals surface area contributed by atoms with Crippen LogP contribution >= 0.6 is 0 Å². The highest BCUT2D eigenvalue weighted by molar-refractivity contribution is 7.89. The van der Waals surface area contributed by atoms with Crippen molar-refractivity contribution in [2.24, 2.45) is 0 Å². The molecule has 2 aliphatic rings. The number of carbonyl (C=O) groups is 2. The summed E-state index contributed by atoms with van der Waals surface area (Å²) in [6.07, 6.45) is 1.28. The molecule has 2 aliphatic heterocycles. The molecule has 176 valence electrons. The predicted octanol–water partition coefficient (Wildman–Crippen LogP) is 2.74. The van der Waals surface area contributed by atoms with Crippen LogP contribution in [0.1, 0.15) is 18.4 Å². The van der Waals surface area contributed by atoms with Gasteiger partial charge in [0.2, 0.25) is 15.9 Å².